The number of alkyl halides is 3. The van der Waals surface area contributed by atoms with Crippen LogP contribution in [-0.4, -0.2) is 16.9 Å². The van der Waals surface area contributed by atoms with Crippen LogP contribution in [0.3, 0.4) is 0 Å². The van der Waals surface area contributed by atoms with Gasteiger partial charge in [-0.3, -0.25) is 4.79 Å². The van der Waals surface area contributed by atoms with Crippen molar-refractivity contribution in [2.75, 3.05) is 5.32 Å². The van der Waals surface area contributed by atoms with Gasteiger partial charge in [-0.15, -0.1) is 0 Å². The van der Waals surface area contributed by atoms with Crippen molar-refractivity contribution in [2.24, 2.45) is 5.73 Å². The van der Waals surface area contributed by atoms with E-state index in [-0.39, 0.29) is 18.0 Å². The van der Waals surface area contributed by atoms with Gasteiger partial charge in [0.15, 0.2) is 0 Å². The van der Waals surface area contributed by atoms with E-state index in [1.165, 1.54) is 0 Å². The average Bonchev–Trinajstić information content (AvgIpc) is 2.68. The molecule has 0 radical (unpaired) electrons. The lowest BCUT2D eigenvalue weighted by molar-refractivity contribution is -0.137. The van der Waals surface area contributed by atoms with E-state index in [0.29, 0.717) is 23.6 Å². The number of benzene rings is 2. The second-order valence-corrected chi connectivity index (χ2v) is 6.59. The van der Waals surface area contributed by atoms with Crippen LogP contribution in [0.4, 0.5) is 27.6 Å². The van der Waals surface area contributed by atoms with E-state index in [4.69, 9.17) is 10.5 Å². The Kier molecular flexibility index (Phi) is 6.50. The standard InChI is InChI=1S/C21H16F5N3O2/c22-14-8-15(23)10-16(9-14)29-20(30)18(27)7-12-1-4-17(5-2-12)31-19-6-3-13(11-28-19)21(24,25)26/h1-6,8-11,18H,7,27H2,(H,29,30)/t18-/m0/s1. The number of ether oxygens (including phenoxy) is 1. The fraction of sp³-hybridized carbons (Fsp3) is 0.143. The first-order valence-corrected chi connectivity index (χ1v) is 8.93. The summed E-state index contributed by atoms with van der Waals surface area (Å²) < 4.78 is 69.5. The molecule has 1 amide bonds. The molecule has 0 aliphatic rings. The fourth-order valence-corrected chi connectivity index (χ4v) is 2.63. The van der Waals surface area contributed by atoms with E-state index in [2.05, 4.69) is 10.3 Å². The van der Waals surface area contributed by atoms with Gasteiger partial charge in [-0.25, -0.2) is 13.8 Å². The van der Waals surface area contributed by atoms with Crippen molar-refractivity contribution in [3.8, 4) is 11.6 Å². The molecule has 5 nitrogen and oxygen atoms in total. The third-order valence-electron chi connectivity index (χ3n) is 4.13. The number of carbonyl (C=O) groups is 1. The Balaban J connectivity index is 1.57. The van der Waals surface area contributed by atoms with Crippen molar-refractivity contribution < 1.29 is 31.5 Å². The number of hydrogen-bond acceptors (Lipinski definition) is 4. The lowest BCUT2D eigenvalue weighted by Crippen LogP contribution is -2.37. The Hall–Kier alpha value is -3.53. The number of hydrogen-bond donors (Lipinski definition) is 2. The molecule has 3 aromatic rings. The molecule has 0 unspecified atom stereocenters. The van der Waals surface area contributed by atoms with Crippen LogP contribution < -0.4 is 15.8 Å². The van der Waals surface area contributed by atoms with E-state index in [9.17, 15) is 26.7 Å². The first-order valence-electron chi connectivity index (χ1n) is 8.93. The molecule has 0 spiro atoms. The molecule has 10 heteroatoms. The van der Waals surface area contributed by atoms with Gasteiger partial charge in [0.25, 0.3) is 0 Å². The van der Waals surface area contributed by atoms with Crippen molar-refractivity contribution in [2.45, 2.75) is 18.6 Å². The molecule has 31 heavy (non-hydrogen) atoms. The van der Waals surface area contributed by atoms with Crippen LogP contribution in [0.25, 0.3) is 0 Å². The minimum Gasteiger partial charge on any atom is -0.439 e. The normalized spacial score (nSPS) is 12.3. The molecule has 0 saturated carbocycles. The molecule has 3 N–H and O–H groups in total. The number of amides is 1. The van der Waals surface area contributed by atoms with Gasteiger partial charge in [-0.2, -0.15) is 13.2 Å². The van der Waals surface area contributed by atoms with Gasteiger partial charge in [-0.1, -0.05) is 12.1 Å². The number of carbonyl (C=O) groups excluding carboxylic acids is 1. The van der Waals surface area contributed by atoms with E-state index < -0.39 is 35.3 Å². The topological polar surface area (TPSA) is 77.2 Å². The van der Waals surface area contributed by atoms with Crippen LogP contribution in [-0.2, 0) is 17.4 Å². The second kappa shape index (κ2) is 9.09. The second-order valence-electron chi connectivity index (χ2n) is 6.59. The molecule has 162 valence electrons. The summed E-state index contributed by atoms with van der Waals surface area (Å²) in [5, 5.41) is 2.35. The van der Waals surface area contributed by atoms with E-state index in [0.717, 1.165) is 24.3 Å². The van der Waals surface area contributed by atoms with Gasteiger partial charge in [0.2, 0.25) is 11.8 Å². The summed E-state index contributed by atoms with van der Waals surface area (Å²) in [5.41, 5.74) is 5.58. The van der Waals surface area contributed by atoms with Crippen LogP contribution >= 0.6 is 0 Å². The molecule has 0 fully saturated rings. The summed E-state index contributed by atoms with van der Waals surface area (Å²) in [6.45, 7) is 0. The number of nitrogens with zero attached hydrogens (tertiary/aromatic N) is 1. The molecular weight excluding hydrogens is 421 g/mol. The number of nitrogens with one attached hydrogen (secondary N) is 1. The number of anilines is 1. The molecule has 0 saturated heterocycles. The van der Waals surface area contributed by atoms with Gasteiger partial charge in [0.05, 0.1) is 11.6 Å². The van der Waals surface area contributed by atoms with E-state index in [1.54, 1.807) is 24.3 Å². The Morgan fingerprint density at radius 1 is 1.03 bits per heavy atom. The van der Waals surface area contributed by atoms with Crippen LogP contribution in [0.15, 0.2) is 60.8 Å². The number of nitrogens with two attached hydrogens (primary N) is 1. The zero-order chi connectivity index (χ0) is 22.6. The van der Waals surface area contributed by atoms with Crippen molar-refractivity contribution in [1.82, 2.24) is 4.98 Å². The SMILES string of the molecule is N[C@@H](Cc1ccc(Oc2ccc(C(F)(F)F)cn2)cc1)C(=O)Nc1cc(F)cc(F)c1. The smallest absolute Gasteiger partial charge is 0.417 e. The highest BCUT2D eigenvalue weighted by Gasteiger charge is 2.30. The molecule has 1 atom stereocenters. The zero-order valence-corrected chi connectivity index (χ0v) is 15.8. The third kappa shape index (κ3) is 6.22. The summed E-state index contributed by atoms with van der Waals surface area (Å²) in [4.78, 5) is 15.8. The third-order valence-corrected chi connectivity index (χ3v) is 4.13. The van der Waals surface area contributed by atoms with Gasteiger partial charge in [-0.05, 0) is 42.3 Å². The average molecular weight is 437 g/mol. The van der Waals surface area contributed by atoms with E-state index in [1.807, 2.05) is 0 Å². The first kappa shape index (κ1) is 22.2. The summed E-state index contributed by atoms with van der Waals surface area (Å²) in [6, 6.07) is 9.91. The maximum atomic E-state index is 13.2. The lowest BCUT2D eigenvalue weighted by atomic mass is 10.1. The lowest BCUT2D eigenvalue weighted by Gasteiger charge is -2.13. The predicted octanol–water partition coefficient (Wildman–Crippen LogP) is 4.68. The highest BCUT2D eigenvalue weighted by Crippen LogP contribution is 2.30. The Morgan fingerprint density at radius 3 is 2.23 bits per heavy atom. The van der Waals surface area contributed by atoms with Crippen LogP contribution in [0.1, 0.15) is 11.1 Å². The van der Waals surface area contributed by atoms with Crippen molar-refractivity contribution in [3.63, 3.8) is 0 Å². The summed E-state index contributed by atoms with van der Waals surface area (Å²) in [5.74, 6) is -1.98. The fourth-order valence-electron chi connectivity index (χ4n) is 2.63. The summed E-state index contributed by atoms with van der Waals surface area (Å²) in [7, 11) is 0. The largest absolute Gasteiger partial charge is 0.439 e. The van der Waals surface area contributed by atoms with Crippen molar-refractivity contribution >= 4 is 11.6 Å². The molecule has 0 aliphatic carbocycles. The minimum atomic E-state index is -4.49. The van der Waals surface area contributed by atoms with Gasteiger partial charge < -0.3 is 15.8 Å². The molecule has 1 aromatic heterocycles. The molecular formula is C21H16F5N3O2. The van der Waals surface area contributed by atoms with Gasteiger partial charge in [0, 0.05) is 24.0 Å². The molecule has 2 aromatic carbocycles. The zero-order valence-electron chi connectivity index (χ0n) is 15.8. The van der Waals surface area contributed by atoms with Crippen LogP contribution in [0.2, 0.25) is 0 Å². The van der Waals surface area contributed by atoms with Crippen LogP contribution in [0.5, 0.6) is 11.6 Å². The van der Waals surface area contributed by atoms with Gasteiger partial charge >= 0.3 is 6.18 Å². The minimum absolute atomic E-state index is 0.0147. The van der Waals surface area contributed by atoms with E-state index >= 15 is 0 Å². The number of halogens is 5. The molecule has 0 bridgehead atoms. The molecule has 3 rings (SSSR count). The highest BCUT2D eigenvalue weighted by atomic mass is 19.4. The monoisotopic (exact) mass is 437 g/mol. The van der Waals surface area contributed by atoms with Crippen LogP contribution in [0, 0.1) is 11.6 Å². The Labute approximate surface area is 173 Å². The Bertz CT molecular complexity index is 1030. The maximum Gasteiger partial charge on any atom is 0.417 e. The number of aromatic nitrogens is 1. The highest BCUT2D eigenvalue weighted by molar-refractivity contribution is 5.94. The predicted molar refractivity (Wildman–Crippen MR) is 102 cm³/mol. The van der Waals surface area contributed by atoms with Gasteiger partial charge in [0.1, 0.15) is 17.4 Å². The number of rotatable bonds is 6. The maximum absolute atomic E-state index is 13.2. The Morgan fingerprint density at radius 2 is 1.68 bits per heavy atom. The van der Waals surface area contributed by atoms with Crippen molar-refractivity contribution in [3.05, 3.63) is 83.6 Å². The quantitative estimate of drug-likeness (QED) is 0.549. The first-order chi connectivity index (χ1) is 14.6. The van der Waals surface area contributed by atoms with Crippen molar-refractivity contribution in [1.29, 1.82) is 0 Å². The summed E-state index contributed by atoms with van der Waals surface area (Å²) >= 11 is 0. The molecule has 1 heterocycles. The molecule has 0 aliphatic heterocycles. The summed E-state index contributed by atoms with van der Waals surface area (Å²) in [6.07, 6.45) is -3.69. The number of pyridine rings is 1.